The van der Waals surface area contributed by atoms with E-state index in [1.54, 1.807) is 0 Å². The molecule has 152 valence electrons. The molecule has 0 amide bonds. The van der Waals surface area contributed by atoms with Gasteiger partial charge in [-0.1, -0.05) is 13.3 Å². The number of aliphatic hydroxyl groups excluding tert-OH is 1. The highest BCUT2D eigenvalue weighted by Gasteiger charge is 2.29. The number of rotatable bonds is 10. The molecule has 0 fully saturated rings. The fourth-order valence-corrected chi connectivity index (χ4v) is 2.54. The molecule has 0 saturated heterocycles. The quantitative estimate of drug-likeness (QED) is 0.371. The van der Waals surface area contributed by atoms with Crippen LogP contribution in [0.1, 0.15) is 42.8 Å². The number of hydrogen-bond donors (Lipinski definition) is 1. The van der Waals surface area contributed by atoms with E-state index in [9.17, 15) is 19.6 Å². The molecule has 0 aliphatic rings. The third-order valence-electron chi connectivity index (χ3n) is 3.92. The maximum absolute atomic E-state index is 14.1. The molecule has 1 atom stereocenters. The molecule has 0 radical (unpaired) electrons. The number of aliphatic hydroxyl groups is 1. The van der Waals surface area contributed by atoms with E-state index < -0.39 is 22.5 Å². The third kappa shape index (κ3) is 5.11. The molecular formula is C18H22FN3O6. The fourth-order valence-electron chi connectivity index (χ4n) is 2.54. The zero-order chi connectivity index (χ0) is 20.7. The number of methoxy groups -OCH3 is 2. The molecule has 1 aromatic carbocycles. The lowest BCUT2D eigenvalue weighted by Crippen LogP contribution is -2.12. The Kier molecular flexibility index (Phi) is 7.59. The first kappa shape index (κ1) is 21.5. The summed E-state index contributed by atoms with van der Waals surface area (Å²) in [6.07, 6.45) is -0.00484. The van der Waals surface area contributed by atoms with Crippen LogP contribution in [0.25, 0.3) is 0 Å². The van der Waals surface area contributed by atoms with Crippen LogP contribution in [0.2, 0.25) is 0 Å². The lowest BCUT2D eigenvalue weighted by atomic mass is 10.0. The van der Waals surface area contributed by atoms with Gasteiger partial charge in [0.15, 0.2) is 5.82 Å². The van der Waals surface area contributed by atoms with Crippen molar-refractivity contribution < 1.29 is 28.6 Å². The van der Waals surface area contributed by atoms with Crippen LogP contribution in [-0.4, -0.2) is 40.8 Å². The standard InChI is InChI=1S/C18H22FN3O6/c1-4-5-6-28-10-11-7-12(19)8-13(16(11)22(24)25)17(23)18-20-14(26-2)9-15(21-18)27-3/h7-9,17,23H,4-6,10H2,1-3H3. The molecule has 10 heteroatoms. The summed E-state index contributed by atoms with van der Waals surface area (Å²) in [6.45, 7) is 2.21. The van der Waals surface area contributed by atoms with E-state index in [2.05, 4.69) is 9.97 Å². The van der Waals surface area contributed by atoms with Gasteiger partial charge >= 0.3 is 0 Å². The Bertz CT molecular complexity index is 811. The summed E-state index contributed by atoms with van der Waals surface area (Å²) in [4.78, 5) is 18.9. The van der Waals surface area contributed by atoms with E-state index in [1.807, 2.05) is 6.92 Å². The summed E-state index contributed by atoms with van der Waals surface area (Å²) >= 11 is 0. The predicted octanol–water partition coefficient (Wildman–Crippen LogP) is 2.94. The summed E-state index contributed by atoms with van der Waals surface area (Å²) in [5.74, 6) is -0.794. The topological polar surface area (TPSA) is 117 Å². The molecular weight excluding hydrogens is 373 g/mol. The van der Waals surface area contributed by atoms with E-state index in [0.29, 0.717) is 6.61 Å². The summed E-state index contributed by atoms with van der Waals surface area (Å²) in [5, 5.41) is 22.3. The Balaban J connectivity index is 2.48. The summed E-state index contributed by atoms with van der Waals surface area (Å²) in [6, 6.07) is 3.28. The second-order valence-electron chi connectivity index (χ2n) is 5.88. The van der Waals surface area contributed by atoms with Gasteiger partial charge in [-0.25, -0.2) is 4.39 Å². The highest BCUT2D eigenvalue weighted by Crippen LogP contribution is 2.34. The van der Waals surface area contributed by atoms with Crippen molar-refractivity contribution in [1.82, 2.24) is 9.97 Å². The summed E-state index contributed by atoms with van der Waals surface area (Å²) < 4.78 is 29.6. The van der Waals surface area contributed by atoms with Crippen LogP contribution >= 0.6 is 0 Å². The second-order valence-corrected chi connectivity index (χ2v) is 5.88. The van der Waals surface area contributed by atoms with Gasteiger partial charge < -0.3 is 19.3 Å². The second kappa shape index (κ2) is 9.90. The minimum Gasteiger partial charge on any atom is -0.481 e. The number of nitrogens with zero attached hydrogens (tertiary/aromatic N) is 3. The molecule has 0 aliphatic carbocycles. The van der Waals surface area contributed by atoms with E-state index >= 15 is 0 Å². The average molecular weight is 395 g/mol. The summed E-state index contributed by atoms with van der Waals surface area (Å²) in [5.41, 5.74) is -0.713. The summed E-state index contributed by atoms with van der Waals surface area (Å²) in [7, 11) is 2.71. The molecule has 2 aromatic rings. The predicted molar refractivity (Wildman–Crippen MR) is 96.8 cm³/mol. The van der Waals surface area contributed by atoms with Gasteiger partial charge in [-0.15, -0.1) is 0 Å². The van der Waals surface area contributed by atoms with Gasteiger partial charge in [0.1, 0.15) is 11.9 Å². The maximum atomic E-state index is 14.1. The lowest BCUT2D eigenvalue weighted by molar-refractivity contribution is -0.387. The van der Waals surface area contributed by atoms with Gasteiger partial charge in [0.05, 0.1) is 42.9 Å². The molecule has 1 heterocycles. The number of benzene rings is 1. The van der Waals surface area contributed by atoms with Crippen LogP contribution < -0.4 is 9.47 Å². The molecule has 0 bridgehead atoms. The van der Waals surface area contributed by atoms with Gasteiger partial charge in [-0.3, -0.25) is 10.1 Å². The van der Waals surface area contributed by atoms with Crippen molar-refractivity contribution in [2.24, 2.45) is 0 Å². The number of ether oxygens (including phenoxy) is 3. The first-order valence-corrected chi connectivity index (χ1v) is 8.60. The molecule has 9 nitrogen and oxygen atoms in total. The Hall–Kier alpha value is -2.85. The molecule has 0 spiro atoms. The molecule has 2 rings (SSSR count). The smallest absolute Gasteiger partial charge is 0.281 e. The fraction of sp³-hybridized carbons (Fsp3) is 0.444. The van der Waals surface area contributed by atoms with Gasteiger partial charge in [-0.2, -0.15) is 9.97 Å². The SMILES string of the molecule is CCCCOCc1cc(F)cc(C(O)c2nc(OC)cc(OC)n2)c1[N+](=O)[O-]. The van der Waals surface area contributed by atoms with Crippen molar-refractivity contribution in [2.75, 3.05) is 20.8 Å². The number of nitro benzene ring substituents is 1. The number of unbranched alkanes of at least 4 members (excludes halogenated alkanes) is 1. The van der Waals surface area contributed by atoms with Crippen LogP contribution in [0.5, 0.6) is 11.8 Å². The highest BCUT2D eigenvalue weighted by molar-refractivity contribution is 5.50. The maximum Gasteiger partial charge on any atom is 0.281 e. The number of nitro groups is 1. The Morgan fingerprint density at radius 3 is 2.39 bits per heavy atom. The van der Waals surface area contributed by atoms with Crippen LogP contribution in [0.4, 0.5) is 10.1 Å². The first-order valence-electron chi connectivity index (χ1n) is 8.60. The van der Waals surface area contributed by atoms with Crippen molar-refractivity contribution in [3.63, 3.8) is 0 Å². The minimum atomic E-state index is -1.67. The number of aromatic nitrogens is 2. The largest absolute Gasteiger partial charge is 0.481 e. The van der Waals surface area contributed by atoms with Gasteiger partial charge in [0.2, 0.25) is 11.8 Å². The van der Waals surface area contributed by atoms with Crippen molar-refractivity contribution in [3.8, 4) is 11.8 Å². The van der Waals surface area contributed by atoms with Gasteiger partial charge in [0.25, 0.3) is 5.69 Å². The third-order valence-corrected chi connectivity index (χ3v) is 3.92. The average Bonchev–Trinajstić information content (AvgIpc) is 2.69. The zero-order valence-electron chi connectivity index (χ0n) is 15.8. The van der Waals surface area contributed by atoms with Crippen LogP contribution in [0.15, 0.2) is 18.2 Å². The lowest BCUT2D eigenvalue weighted by Gasteiger charge is -2.14. The number of halogens is 1. The highest BCUT2D eigenvalue weighted by atomic mass is 19.1. The van der Waals surface area contributed by atoms with E-state index in [-0.39, 0.29) is 35.3 Å². The Morgan fingerprint density at radius 1 is 1.21 bits per heavy atom. The molecule has 1 unspecified atom stereocenters. The van der Waals surface area contributed by atoms with Gasteiger partial charge in [0, 0.05) is 6.61 Å². The van der Waals surface area contributed by atoms with Crippen LogP contribution in [-0.2, 0) is 11.3 Å². The van der Waals surface area contributed by atoms with Gasteiger partial charge in [-0.05, 0) is 18.6 Å². The first-order chi connectivity index (χ1) is 13.4. The van der Waals surface area contributed by atoms with Crippen molar-refractivity contribution in [3.05, 3.63) is 51.1 Å². The van der Waals surface area contributed by atoms with Crippen LogP contribution in [0, 0.1) is 15.9 Å². The van der Waals surface area contributed by atoms with E-state index in [1.165, 1.54) is 20.3 Å². The van der Waals surface area contributed by atoms with E-state index in [0.717, 1.165) is 25.0 Å². The molecule has 1 aromatic heterocycles. The zero-order valence-corrected chi connectivity index (χ0v) is 15.8. The van der Waals surface area contributed by atoms with Crippen molar-refractivity contribution in [2.45, 2.75) is 32.5 Å². The molecule has 0 aliphatic heterocycles. The molecule has 0 saturated carbocycles. The monoisotopic (exact) mass is 395 g/mol. The van der Waals surface area contributed by atoms with Crippen molar-refractivity contribution >= 4 is 5.69 Å². The molecule has 28 heavy (non-hydrogen) atoms. The molecule has 1 N–H and O–H groups in total. The van der Waals surface area contributed by atoms with Crippen molar-refractivity contribution in [1.29, 1.82) is 0 Å². The van der Waals surface area contributed by atoms with Crippen LogP contribution in [0.3, 0.4) is 0 Å². The minimum absolute atomic E-state index is 0.0185. The number of hydrogen-bond acceptors (Lipinski definition) is 8. The Morgan fingerprint density at radius 2 is 1.86 bits per heavy atom. The Labute approximate surface area is 161 Å². The van der Waals surface area contributed by atoms with E-state index in [4.69, 9.17) is 14.2 Å². The normalized spacial score (nSPS) is 11.9.